The minimum absolute atomic E-state index is 0.245. The molecule has 2 heteroatoms. The van der Waals surface area contributed by atoms with Crippen LogP contribution >= 0.6 is 0 Å². The smallest absolute Gasteiger partial charge is 0.0807 e. The molecule has 2 atom stereocenters. The van der Waals surface area contributed by atoms with Gasteiger partial charge in [0.2, 0.25) is 0 Å². The Balaban J connectivity index is 2.48. The number of aryl methyl sites for hydroxylation is 1. The Morgan fingerprint density at radius 3 is 2.65 bits per heavy atom. The lowest BCUT2D eigenvalue weighted by molar-refractivity contribution is 0.153. The van der Waals surface area contributed by atoms with Crippen LogP contribution in [0.2, 0.25) is 0 Å². The molecule has 0 bridgehead atoms. The quantitative estimate of drug-likeness (QED) is 0.787. The van der Waals surface area contributed by atoms with Gasteiger partial charge in [0.15, 0.2) is 0 Å². The molecular weight excluding hydrogens is 210 g/mol. The molecular formula is C15H25NO. The maximum absolute atomic E-state index is 10.1. The van der Waals surface area contributed by atoms with Crippen LogP contribution in [0, 0.1) is 12.3 Å². The predicted octanol–water partition coefficient (Wildman–Crippen LogP) is 3.77. The molecule has 0 aliphatic heterocycles. The minimum atomic E-state index is -0.245. The maximum atomic E-state index is 10.1. The van der Waals surface area contributed by atoms with Crippen molar-refractivity contribution < 1.29 is 5.11 Å². The van der Waals surface area contributed by atoms with E-state index in [2.05, 4.69) is 45.3 Å². The van der Waals surface area contributed by atoms with Crippen LogP contribution in [0.1, 0.15) is 69.6 Å². The van der Waals surface area contributed by atoms with E-state index in [-0.39, 0.29) is 11.5 Å². The first kappa shape index (κ1) is 12.7. The summed E-state index contributed by atoms with van der Waals surface area (Å²) in [4.78, 5) is 0. The third-order valence-electron chi connectivity index (χ3n) is 4.26. The first-order valence-corrected chi connectivity index (χ1v) is 6.71. The number of nitrogens with zero attached hydrogens (tertiary/aromatic N) is 1. The molecule has 0 spiro atoms. The molecule has 2 unspecified atom stereocenters. The molecule has 1 N–H and O–H groups in total. The first-order valence-electron chi connectivity index (χ1n) is 6.71. The van der Waals surface area contributed by atoms with Crippen molar-refractivity contribution in [2.75, 3.05) is 0 Å². The average Bonchev–Trinajstić information content (AvgIpc) is 2.54. The Morgan fingerprint density at radius 1 is 1.41 bits per heavy atom. The second-order valence-corrected chi connectivity index (χ2v) is 6.51. The molecule has 2 nitrogen and oxygen atoms in total. The number of aromatic nitrogens is 1. The molecule has 17 heavy (non-hydrogen) atoms. The number of hydrogen-bond donors (Lipinski definition) is 1. The molecule has 96 valence electrons. The van der Waals surface area contributed by atoms with Gasteiger partial charge in [-0.3, -0.25) is 0 Å². The van der Waals surface area contributed by atoms with E-state index in [1.54, 1.807) is 0 Å². The summed E-state index contributed by atoms with van der Waals surface area (Å²) >= 11 is 0. The van der Waals surface area contributed by atoms with E-state index in [4.69, 9.17) is 0 Å². The van der Waals surface area contributed by atoms with Crippen LogP contribution in [0.5, 0.6) is 0 Å². The molecule has 1 aliphatic rings. The van der Waals surface area contributed by atoms with Crippen LogP contribution < -0.4 is 0 Å². The Morgan fingerprint density at radius 2 is 2.06 bits per heavy atom. The molecule has 0 amide bonds. The standard InChI is InChI=1S/C15H25NO/c1-10-9-12-13(7-6-8-14(12)17)16(10)11(2)15(3,4)5/h9,11,14,17H,6-8H2,1-5H3. The number of aliphatic hydroxyl groups is 1. The second-order valence-electron chi connectivity index (χ2n) is 6.51. The summed E-state index contributed by atoms with van der Waals surface area (Å²) in [5, 5.41) is 10.1. The van der Waals surface area contributed by atoms with Crippen molar-refractivity contribution in [2.24, 2.45) is 5.41 Å². The van der Waals surface area contributed by atoms with Gasteiger partial charge in [0.25, 0.3) is 0 Å². The van der Waals surface area contributed by atoms with Gasteiger partial charge in [-0.1, -0.05) is 20.8 Å². The lowest BCUT2D eigenvalue weighted by Gasteiger charge is -2.33. The monoisotopic (exact) mass is 235 g/mol. The zero-order valence-electron chi connectivity index (χ0n) is 11.7. The molecule has 1 aromatic heterocycles. The summed E-state index contributed by atoms with van der Waals surface area (Å²) in [6.07, 6.45) is 2.89. The molecule has 1 aromatic rings. The van der Waals surface area contributed by atoms with Crippen molar-refractivity contribution in [3.63, 3.8) is 0 Å². The molecule has 2 rings (SSSR count). The average molecular weight is 235 g/mol. The van der Waals surface area contributed by atoms with Crippen LogP contribution in [-0.2, 0) is 6.42 Å². The highest BCUT2D eigenvalue weighted by Crippen LogP contribution is 2.38. The zero-order chi connectivity index (χ0) is 12.8. The molecule has 0 fully saturated rings. The largest absolute Gasteiger partial charge is 0.388 e. The van der Waals surface area contributed by atoms with Crippen LogP contribution in [0.4, 0.5) is 0 Å². The number of aliphatic hydroxyl groups excluding tert-OH is 1. The molecule has 0 saturated carbocycles. The Kier molecular flexibility index (Phi) is 3.11. The van der Waals surface area contributed by atoms with Gasteiger partial charge in [0.1, 0.15) is 0 Å². The summed E-state index contributed by atoms with van der Waals surface area (Å²) in [6.45, 7) is 11.3. The SMILES string of the molecule is Cc1cc2c(n1C(C)C(C)(C)C)CCCC2O. The molecule has 0 radical (unpaired) electrons. The van der Waals surface area contributed by atoms with Crippen LogP contribution in [0.15, 0.2) is 6.07 Å². The normalized spacial score (nSPS) is 22.4. The van der Waals surface area contributed by atoms with Crippen molar-refractivity contribution in [1.82, 2.24) is 4.57 Å². The highest BCUT2D eigenvalue weighted by molar-refractivity contribution is 5.32. The number of hydrogen-bond acceptors (Lipinski definition) is 1. The third kappa shape index (κ3) is 2.15. The highest BCUT2D eigenvalue weighted by Gasteiger charge is 2.29. The molecule has 0 saturated heterocycles. The first-order chi connectivity index (χ1) is 7.82. The fourth-order valence-electron chi connectivity index (χ4n) is 2.83. The van der Waals surface area contributed by atoms with E-state index in [9.17, 15) is 5.11 Å². The van der Waals surface area contributed by atoms with E-state index in [1.807, 2.05) is 0 Å². The predicted molar refractivity (Wildman–Crippen MR) is 71.2 cm³/mol. The van der Waals surface area contributed by atoms with E-state index < -0.39 is 0 Å². The van der Waals surface area contributed by atoms with Crippen molar-refractivity contribution >= 4 is 0 Å². The lowest BCUT2D eigenvalue weighted by Crippen LogP contribution is -2.25. The van der Waals surface area contributed by atoms with E-state index >= 15 is 0 Å². The van der Waals surface area contributed by atoms with Crippen LogP contribution in [-0.4, -0.2) is 9.67 Å². The lowest BCUT2D eigenvalue weighted by atomic mass is 9.87. The summed E-state index contributed by atoms with van der Waals surface area (Å²) in [5.74, 6) is 0. The fourth-order valence-corrected chi connectivity index (χ4v) is 2.83. The summed E-state index contributed by atoms with van der Waals surface area (Å²) in [5.41, 5.74) is 4.08. The third-order valence-corrected chi connectivity index (χ3v) is 4.26. The van der Waals surface area contributed by atoms with Crippen LogP contribution in [0.25, 0.3) is 0 Å². The molecule has 1 heterocycles. The Labute approximate surface area is 105 Å². The van der Waals surface area contributed by atoms with Crippen LogP contribution in [0.3, 0.4) is 0 Å². The molecule has 0 aromatic carbocycles. The molecule has 1 aliphatic carbocycles. The topological polar surface area (TPSA) is 25.2 Å². The van der Waals surface area contributed by atoms with E-state index in [0.717, 1.165) is 19.3 Å². The van der Waals surface area contributed by atoms with Gasteiger partial charge >= 0.3 is 0 Å². The van der Waals surface area contributed by atoms with Crippen molar-refractivity contribution in [2.45, 2.75) is 66.0 Å². The summed E-state index contributed by atoms with van der Waals surface area (Å²) in [6, 6.07) is 2.65. The van der Waals surface area contributed by atoms with Gasteiger partial charge in [-0.05, 0) is 44.6 Å². The van der Waals surface area contributed by atoms with Crippen molar-refractivity contribution in [3.8, 4) is 0 Å². The van der Waals surface area contributed by atoms with Gasteiger partial charge in [-0.15, -0.1) is 0 Å². The van der Waals surface area contributed by atoms with Gasteiger partial charge in [0.05, 0.1) is 6.10 Å². The number of fused-ring (bicyclic) bond motifs is 1. The van der Waals surface area contributed by atoms with E-state index in [0.29, 0.717) is 6.04 Å². The van der Waals surface area contributed by atoms with Crippen molar-refractivity contribution in [1.29, 1.82) is 0 Å². The zero-order valence-corrected chi connectivity index (χ0v) is 11.7. The van der Waals surface area contributed by atoms with Crippen molar-refractivity contribution in [3.05, 3.63) is 23.0 Å². The Bertz CT molecular complexity index is 411. The van der Waals surface area contributed by atoms with Gasteiger partial charge in [0, 0.05) is 23.0 Å². The minimum Gasteiger partial charge on any atom is -0.388 e. The fraction of sp³-hybridized carbons (Fsp3) is 0.733. The van der Waals surface area contributed by atoms with Gasteiger partial charge in [-0.2, -0.15) is 0 Å². The maximum Gasteiger partial charge on any atom is 0.0807 e. The number of rotatable bonds is 1. The Hall–Kier alpha value is -0.760. The van der Waals surface area contributed by atoms with Gasteiger partial charge in [-0.25, -0.2) is 0 Å². The second kappa shape index (κ2) is 4.16. The summed E-state index contributed by atoms with van der Waals surface area (Å²) in [7, 11) is 0. The van der Waals surface area contributed by atoms with E-state index in [1.165, 1.54) is 17.0 Å². The highest BCUT2D eigenvalue weighted by atomic mass is 16.3. The van der Waals surface area contributed by atoms with Gasteiger partial charge < -0.3 is 9.67 Å². The summed E-state index contributed by atoms with van der Waals surface area (Å²) < 4.78 is 2.44.